The quantitative estimate of drug-likeness (QED) is 0.463. The third-order valence-corrected chi connectivity index (χ3v) is 4.08. The number of hydrazone groups is 1. The first-order valence-corrected chi connectivity index (χ1v) is 9.68. The first-order valence-electron chi connectivity index (χ1n) is 9.31. The van der Waals surface area contributed by atoms with Gasteiger partial charge < -0.3 is 19.3 Å². The third-order valence-electron chi connectivity index (χ3n) is 3.84. The zero-order valence-corrected chi connectivity index (χ0v) is 17.7. The van der Waals surface area contributed by atoms with Crippen LogP contribution in [0.15, 0.2) is 35.4 Å². The first kappa shape index (κ1) is 22.4. The van der Waals surface area contributed by atoms with Gasteiger partial charge in [0, 0.05) is 16.1 Å². The normalized spacial score (nSPS) is 11.1. The van der Waals surface area contributed by atoms with Crippen LogP contribution in [0, 0.1) is 0 Å². The molecule has 2 rings (SSSR count). The van der Waals surface area contributed by atoms with Gasteiger partial charge in [-0.25, -0.2) is 5.43 Å². The maximum atomic E-state index is 12.7. The van der Waals surface area contributed by atoms with Gasteiger partial charge in [0.1, 0.15) is 5.75 Å². The second kappa shape index (κ2) is 10.6. The number of aromatic hydroxyl groups is 1. The fraction of sp³-hybridized carbons (Fsp3) is 0.333. The van der Waals surface area contributed by atoms with E-state index in [0.717, 1.165) is 0 Å². The zero-order valence-electron chi connectivity index (χ0n) is 16.9. The number of ether oxygens (including phenoxy) is 3. The standard InChI is InChI=1S/C21H25ClN2O5/c1-5-27-18-10-14(11-19(28-6-2)20(18)29-7-3)21(26)24-23-13(4)16-12-15(22)8-9-17(16)25/h8-12,25H,5-7H2,1-4H3,(H,24,26)/b23-13+. The summed E-state index contributed by atoms with van der Waals surface area (Å²) in [6.45, 7) is 8.43. The summed E-state index contributed by atoms with van der Waals surface area (Å²) in [5.41, 5.74) is 3.60. The van der Waals surface area contributed by atoms with Crippen LogP contribution < -0.4 is 19.6 Å². The fourth-order valence-corrected chi connectivity index (χ4v) is 2.75. The largest absolute Gasteiger partial charge is 0.507 e. The number of carbonyl (C=O) groups is 1. The smallest absolute Gasteiger partial charge is 0.271 e. The van der Waals surface area contributed by atoms with Gasteiger partial charge in [-0.15, -0.1) is 0 Å². The monoisotopic (exact) mass is 420 g/mol. The average molecular weight is 421 g/mol. The predicted octanol–water partition coefficient (Wildman–Crippen LogP) is 4.40. The number of benzene rings is 2. The van der Waals surface area contributed by atoms with Crippen LogP contribution in [0.25, 0.3) is 0 Å². The molecule has 0 radical (unpaired) electrons. The van der Waals surface area contributed by atoms with E-state index < -0.39 is 5.91 Å². The molecule has 2 aromatic rings. The number of rotatable bonds is 9. The Kier molecular flexibility index (Phi) is 8.15. The molecule has 0 unspecified atom stereocenters. The van der Waals surface area contributed by atoms with E-state index in [0.29, 0.717) is 58.9 Å². The van der Waals surface area contributed by atoms with Crippen LogP contribution in [0.3, 0.4) is 0 Å². The van der Waals surface area contributed by atoms with Crippen LogP contribution in [0.5, 0.6) is 23.0 Å². The lowest BCUT2D eigenvalue weighted by Crippen LogP contribution is -2.20. The van der Waals surface area contributed by atoms with E-state index in [2.05, 4.69) is 10.5 Å². The molecule has 0 aliphatic heterocycles. The topological polar surface area (TPSA) is 89.4 Å². The molecule has 0 fully saturated rings. The minimum Gasteiger partial charge on any atom is -0.507 e. The van der Waals surface area contributed by atoms with Gasteiger partial charge in [0.15, 0.2) is 11.5 Å². The minimum atomic E-state index is -0.462. The van der Waals surface area contributed by atoms with Gasteiger partial charge in [-0.05, 0) is 58.0 Å². The fourth-order valence-electron chi connectivity index (χ4n) is 2.58. The summed E-state index contributed by atoms with van der Waals surface area (Å²) in [6.07, 6.45) is 0. The SMILES string of the molecule is CCOc1cc(C(=O)N/N=C(\C)c2cc(Cl)ccc2O)cc(OCC)c1OCC. The van der Waals surface area contributed by atoms with E-state index in [1.165, 1.54) is 6.07 Å². The van der Waals surface area contributed by atoms with E-state index in [1.54, 1.807) is 31.2 Å². The van der Waals surface area contributed by atoms with Crippen molar-refractivity contribution >= 4 is 23.2 Å². The molecule has 0 aromatic heterocycles. The molecule has 2 N–H and O–H groups in total. The number of amides is 1. The lowest BCUT2D eigenvalue weighted by Gasteiger charge is -2.16. The molecule has 29 heavy (non-hydrogen) atoms. The maximum absolute atomic E-state index is 12.7. The number of halogens is 1. The maximum Gasteiger partial charge on any atom is 0.271 e. The van der Waals surface area contributed by atoms with E-state index in [-0.39, 0.29) is 5.75 Å². The van der Waals surface area contributed by atoms with E-state index >= 15 is 0 Å². The molecular weight excluding hydrogens is 396 g/mol. The van der Waals surface area contributed by atoms with Crippen molar-refractivity contribution in [1.29, 1.82) is 0 Å². The minimum absolute atomic E-state index is 0.0169. The number of hydrogen-bond donors (Lipinski definition) is 2. The van der Waals surface area contributed by atoms with Crippen molar-refractivity contribution in [3.63, 3.8) is 0 Å². The van der Waals surface area contributed by atoms with Crippen LogP contribution in [-0.4, -0.2) is 36.5 Å². The summed E-state index contributed by atoms with van der Waals surface area (Å²) in [6, 6.07) is 7.76. The highest BCUT2D eigenvalue weighted by atomic mass is 35.5. The van der Waals surface area contributed by atoms with Crippen molar-refractivity contribution in [2.24, 2.45) is 5.10 Å². The van der Waals surface area contributed by atoms with Crippen molar-refractivity contribution in [2.75, 3.05) is 19.8 Å². The molecule has 8 heteroatoms. The summed E-state index contributed by atoms with van der Waals surface area (Å²) >= 11 is 5.96. The Balaban J connectivity index is 2.32. The number of nitrogens with one attached hydrogen (secondary N) is 1. The van der Waals surface area contributed by atoms with Gasteiger partial charge >= 0.3 is 0 Å². The Morgan fingerprint density at radius 2 is 1.62 bits per heavy atom. The Hall–Kier alpha value is -2.93. The van der Waals surface area contributed by atoms with Crippen LogP contribution in [0.2, 0.25) is 5.02 Å². The molecule has 0 spiro atoms. The van der Waals surface area contributed by atoms with Crippen LogP contribution in [-0.2, 0) is 0 Å². The average Bonchev–Trinajstić information content (AvgIpc) is 2.70. The van der Waals surface area contributed by atoms with Gasteiger partial charge in [0.25, 0.3) is 5.91 Å². The Bertz CT molecular complexity index is 872. The van der Waals surface area contributed by atoms with Crippen molar-refractivity contribution in [3.8, 4) is 23.0 Å². The number of carbonyl (C=O) groups excluding carboxylic acids is 1. The molecule has 0 aliphatic rings. The lowest BCUT2D eigenvalue weighted by atomic mass is 10.1. The molecule has 0 heterocycles. The third kappa shape index (κ3) is 5.77. The number of nitrogens with zero attached hydrogens (tertiary/aromatic N) is 1. The molecule has 0 aliphatic carbocycles. The van der Waals surface area contributed by atoms with Crippen molar-refractivity contribution in [2.45, 2.75) is 27.7 Å². The van der Waals surface area contributed by atoms with Crippen LogP contribution >= 0.6 is 11.6 Å². The Morgan fingerprint density at radius 3 is 2.17 bits per heavy atom. The summed E-state index contributed by atoms with van der Waals surface area (Å²) in [7, 11) is 0. The Morgan fingerprint density at radius 1 is 1.03 bits per heavy atom. The highest BCUT2D eigenvalue weighted by Crippen LogP contribution is 2.39. The van der Waals surface area contributed by atoms with Gasteiger partial charge in [0.2, 0.25) is 5.75 Å². The summed E-state index contributed by atoms with van der Waals surface area (Å²) in [5.74, 6) is 0.840. The summed E-state index contributed by atoms with van der Waals surface area (Å²) < 4.78 is 16.9. The summed E-state index contributed by atoms with van der Waals surface area (Å²) in [4.78, 5) is 12.7. The molecule has 156 valence electrons. The predicted molar refractivity (Wildman–Crippen MR) is 113 cm³/mol. The number of phenolic OH excluding ortho intramolecular Hbond substituents is 1. The highest BCUT2D eigenvalue weighted by molar-refractivity contribution is 6.31. The van der Waals surface area contributed by atoms with Crippen molar-refractivity contribution < 1.29 is 24.1 Å². The van der Waals surface area contributed by atoms with Crippen LogP contribution in [0.4, 0.5) is 0 Å². The first-order chi connectivity index (χ1) is 13.9. The molecule has 0 saturated carbocycles. The molecular formula is C21H25ClN2O5. The molecule has 1 amide bonds. The molecule has 0 saturated heterocycles. The van der Waals surface area contributed by atoms with Gasteiger partial charge in [0.05, 0.1) is 25.5 Å². The molecule has 2 aromatic carbocycles. The van der Waals surface area contributed by atoms with Crippen molar-refractivity contribution in [3.05, 3.63) is 46.5 Å². The second-order valence-electron chi connectivity index (χ2n) is 5.90. The van der Waals surface area contributed by atoms with Gasteiger partial charge in [-0.2, -0.15) is 5.10 Å². The molecule has 0 bridgehead atoms. The number of hydrogen-bond acceptors (Lipinski definition) is 6. The zero-order chi connectivity index (χ0) is 21.4. The van der Waals surface area contributed by atoms with Gasteiger partial charge in [-0.1, -0.05) is 11.6 Å². The van der Waals surface area contributed by atoms with Gasteiger partial charge in [-0.3, -0.25) is 4.79 Å². The summed E-state index contributed by atoms with van der Waals surface area (Å²) in [5, 5.41) is 14.5. The number of phenols is 1. The Labute approximate surface area is 175 Å². The molecule has 0 atom stereocenters. The van der Waals surface area contributed by atoms with E-state index in [9.17, 15) is 9.90 Å². The van der Waals surface area contributed by atoms with E-state index in [1.807, 2.05) is 20.8 Å². The van der Waals surface area contributed by atoms with E-state index in [4.69, 9.17) is 25.8 Å². The van der Waals surface area contributed by atoms with Crippen LogP contribution in [0.1, 0.15) is 43.6 Å². The lowest BCUT2D eigenvalue weighted by molar-refractivity contribution is 0.0953. The van der Waals surface area contributed by atoms with Crippen molar-refractivity contribution in [1.82, 2.24) is 5.43 Å². The second-order valence-corrected chi connectivity index (χ2v) is 6.34. The highest BCUT2D eigenvalue weighted by Gasteiger charge is 2.18. The molecule has 7 nitrogen and oxygen atoms in total.